The number of nitrogens with zero attached hydrogens (tertiary/aromatic N) is 1. The fraction of sp³-hybridized carbons (Fsp3) is 0.357. The number of hydrogen-bond donors (Lipinski definition) is 2. The van der Waals surface area contributed by atoms with Gasteiger partial charge in [-0.1, -0.05) is 37.6 Å². The number of rotatable bonds is 4. The Morgan fingerprint density at radius 3 is 2.63 bits per heavy atom. The fourth-order valence-electron chi connectivity index (χ4n) is 2.12. The van der Waals surface area contributed by atoms with E-state index in [1.807, 2.05) is 26.0 Å². The first-order valence-electron chi connectivity index (χ1n) is 6.25. The van der Waals surface area contributed by atoms with Gasteiger partial charge in [-0.2, -0.15) is 0 Å². The van der Waals surface area contributed by atoms with Gasteiger partial charge in [0, 0.05) is 24.3 Å². The molecule has 0 fully saturated rings. The van der Waals surface area contributed by atoms with Crippen LogP contribution in [0.15, 0.2) is 29.1 Å². The minimum atomic E-state index is -0.147. The third-order valence-electron chi connectivity index (χ3n) is 3.05. The highest BCUT2D eigenvalue weighted by Gasteiger charge is 2.17. The average molecular weight is 281 g/mol. The number of H-pyrrole nitrogens is 1. The quantitative estimate of drug-likeness (QED) is 0.904. The smallest absolute Gasteiger partial charge is 0.274 e. The molecule has 0 amide bonds. The topological polar surface area (TPSA) is 58.0 Å². The number of aromatic nitrogens is 2. The molecule has 19 heavy (non-hydrogen) atoms. The molecule has 0 aliphatic heterocycles. The lowest BCUT2D eigenvalue weighted by molar-refractivity contribution is 0.299. The Labute approximate surface area is 116 Å². The van der Waals surface area contributed by atoms with E-state index >= 15 is 0 Å². The van der Waals surface area contributed by atoms with Gasteiger partial charge in [0.15, 0.2) is 0 Å². The molecule has 0 spiro atoms. The Hall–Kier alpha value is -1.52. The van der Waals surface area contributed by atoms with Gasteiger partial charge in [0.1, 0.15) is 0 Å². The molecule has 0 atom stereocenters. The summed E-state index contributed by atoms with van der Waals surface area (Å²) in [6.45, 7) is 3.96. The second-order valence-electron chi connectivity index (χ2n) is 4.72. The zero-order valence-corrected chi connectivity index (χ0v) is 11.7. The Morgan fingerprint density at radius 2 is 2.05 bits per heavy atom. The van der Waals surface area contributed by atoms with Crippen LogP contribution in [0.25, 0.3) is 5.69 Å². The van der Waals surface area contributed by atoms with Crippen LogP contribution in [0.5, 0.6) is 0 Å². The van der Waals surface area contributed by atoms with Crippen LogP contribution in [0.1, 0.15) is 31.0 Å². The highest BCUT2D eigenvalue weighted by Crippen LogP contribution is 2.21. The van der Waals surface area contributed by atoms with E-state index in [2.05, 4.69) is 5.10 Å². The van der Waals surface area contributed by atoms with Crippen molar-refractivity contribution in [1.82, 2.24) is 9.78 Å². The molecule has 5 heteroatoms. The van der Waals surface area contributed by atoms with Crippen molar-refractivity contribution in [2.75, 3.05) is 6.61 Å². The summed E-state index contributed by atoms with van der Waals surface area (Å²) in [5.41, 5.74) is 1.95. The van der Waals surface area contributed by atoms with E-state index in [1.54, 1.807) is 12.1 Å². The van der Waals surface area contributed by atoms with Crippen molar-refractivity contribution in [3.8, 4) is 5.69 Å². The Balaban J connectivity index is 2.63. The molecule has 102 valence electrons. The van der Waals surface area contributed by atoms with Crippen molar-refractivity contribution in [3.63, 3.8) is 0 Å². The minimum absolute atomic E-state index is 0.0463. The maximum absolute atomic E-state index is 12.4. The van der Waals surface area contributed by atoms with Crippen LogP contribution in [-0.2, 0) is 6.42 Å². The van der Waals surface area contributed by atoms with Gasteiger partial charge in [-0.15, -0.1) is 0 Å². The SMILES string of the molecule is CC(C)c1[nH]n(-c2ccccc2Cl)c(=O)c1CCO. The van der Waals surface area contributed by atoms with Gasteiger partial charge in [0.05, 0.1) is 10.7 Å². The molecular weight excluding hydrogens is 264 g/mol. The Kier molecular flexibility index (Phi) is 4.12. The van der Waals surface area contributed by atoms with E-state index in [9.17, 15) is 4.79 Å². The number of aliphatic hydroxyl groups is 1. The lowest BCUT2D eigenvalue weighted by Crippen LogP contribution is -2.18. The Morgan fingerprint density at radius 1 is 1.37 bits per heavy atom. The molecule has 0 saturated carbocycles. The third-order valence-corrected chi connectivity index (χ3v) is 3.37. The predicted octanol–water partition coefficient (Wildman–Crippen LogP) is 2.48. The molecule has 0 aliphatic carbocycles. The number of nitrogens with one attached hydrogen (secondary N) is 1. The fourth-order valence-corrected chi connectivity index (χ4v) is 2.34. The van der Waals surface area contributed by atoms with E-state index in [0.717, 1.165) is 5.69 Å². The van der Waals surface area contributed by atoms with Crippen LogP contribution in [0, 0.1) is 0 Å². The van der Waals surface area contributed by atoms with E-state index in [1.165, 1.54) is 4.68 Å². The summed E-state index contributed by atoms with van der Waals surface area (Å²) < 4.78 is 1.45. The summed E-state index contributed by atoms with van der Waals surface area (Å²) in [6, 6.07) is 7.17. The molecule has 2 aromatic rings. The second-order valence-corrected chi connectivity index (χ2v) is 5.13. The van der Waals surface area contributed by atoms with E-state index in [-0.39, 0.29) is 18.1 Å². The summed E-state index contributed by atoms with van der Waals surface area (Å²) in [4.78, 5) is 12.4. The molecule has 2 N–H and O–H groups in total. The zero-order valence-electron chi connectivity index (χ0n) is 11.0. The normalized spacial score (nSPS) is 11.2. The van der Waals surface area contributed by atoms with Gasteiger partial charge in [-0.3, -0.25) is 9.89 Å². The number of hydrogen-bond acceptors (Lipinski definition) is 2. The molecule has 0 bridgehead atoms. The van der Waals surface area contributed by atoms with Crippen LogP contribution in [0.2, 0.25) is 5.02 Å². The van der Waals surface area contributed by atoms with Gasteiger partial charge in [0.2, 0.25) is 0 Å². The van der Waals surface area contributed by atoms with Crippen LogP contribution in [-0.4, -0.2) is 21.5 Å². The number of benzene rings is 1. The van der Waals surface area contributed by atoms with Gasteiger partial charge >= 0.3 is 0 Å². The summed E-state index contributed by atoms with van der Waals surface area (Å²) in [5.74, 6) is 0.179. The van der Waals surface area contributed by atoms with E-state index in [4.69, 9.17) is 16.7 Å². The second kappa shape index (κ2) is 5.63. The van der Waals surface area contributed by atoms with E-state index < -0.39 is 0 Å². The zero-order chi connectivity index (χ0) is 14.0. The summed E-state index contributed by atoms with van der Waals surface area (Å²) in [5, 5.41) is 12.7. The van der Waals surface area contributed by atoms with Crippen molar-refractivity contribution >= 4 is 11.6 Å². The summed E-state index contributed by atoms with van der Waals surface area (Å²) >= 11 is 6.12. The van der Waals surface area contributed by atoms with Gasteiger partial charge in [-0.25, -0.2) is 4.68 Å². The maximum Gasteiger partial charge on any atom is 0.274 e. The van der Waals surface area contributed by atoms with Gasteiger partial charge in [-0.05, 0) is 18.1 Å². The number of aromatic amines is 1. The first kappa shape index (κ1) is 13.9. The van der Waals surface area contributed by atoms with Crippen LogP contribution in [0.4, 0.5) is 0 Å². The largest absolute Gasteiger partial charge is 0.396 e. The molecule has 4 nitrogen and oxygen atoms in total. The maximum atomic E-state index is 12.4. The molecule has 1 aromatic carbocycles. The monoisotopic (exact) mass is 280 g/mol. The standard InChI is InChI=1S/C14H17ClN2O2/c1-9(2)13-10(7-8-18)14(19)17(16-13)12-6-4-3-5-11(12)15/h3-6,9,16,18H,7-8H2,1-2H3. The highest BCUT2D eigenvalue weighted by molar-refractivity contribution is 6.32. The number of halogens is 1. The Bertz CT molecular complexity index is 629. The molecule has 2 rings (SSSR count). The minimum Gasteiger partial charge on any atom is -0.396 e. The van der Waals surface area contributed by atoms with Crippen molar-refractivity contribution in [2.24, 2.45) is 0 Å². The first-order valence-corrected chi connectivity index (χ1v) is 6.63. The molecule has 1 aromatic heterocycles. The molecule has 0 radical (unpaired) electrons. The lowest BCUT2D eigenvalue weighted by atomic mass is 10.0. The van der Waals surface area contributed by atoms with Crippen LogP contribution >= 0.6 is 11.6 Å². The molecule has 1 heterocycles. The predicted molar refractivity (Wildman–Crippen MR) is 76.3 cm³/mol. The summed E-state index contributed by atoms with van der Waals surface area (Å²) in [7, 11) is 0. The van der Waals surface area contributed by atoms with Crippen LogP contribution < -0.4 is 5.56 Å². The van der Waals surface area contributed by atoms with Crippen molar-refractivity contribution < 1.29 is 5.11 Å². The van der Waals surface area contributed by atoms with Crippen LogP contribution in [0.3, 0.4) is 0 Å². The van der Waals surface area contributed by atoms with Crippen molar-refractivity contribution in [1.29, 1.82) is 0 Å². The van der Waals surface area contributed by atoms with Gasteiger partial charge in [0.25, 0.3) is 5.56 Å². The van der Waals surface area contributed by atoms with E-state index in [0.29, 0.717) is 22.7 Å². The molecule has 0 saturated heterocycles. The van der Waals surface area contributed by atoms with Gasteiger partial charge < -0.3 is 5.11 Å². The number of aliphatic hydroxyl groups excluding tert-OH is 1. The number of para-hydroxylation sites is 1. The van der Waals surface area contributed by atoms with Crippen molar-refractivity contribution in [3.05, 3.63) is 50.9 Å². The molecular formula is C14H17ClN2O2. The first-order chi connectivity index (χ1) is 9.06. The molecule has 0 aliphatic rings. The van der Waals surface area contributed by atoms with Crippen molar-refractivity contribution in [2.45, 2.75) is 26.2 Å². The third kappa shape index (κ3) is 2.60. The molecule has 0 unspecified atom stereocenters. The lowest BCUT2D eigenvalue weighted by Gasteiger charge is -2.05. The average Bonchev–Trinajstić information content (AvgIpc) is 2.69. The highest BCUT2D eigenvalue weighted by atomic mass is 35.5. The summed E-state index contributed by atoms with van der Waals surface area (Å²) in [6.07, 6.45) is 0.348.